The number of carbonyl (C=O) groups excluding carboxylic acids is 1. The Balaban J connectivity index is 1.89. The summed E-state index contributed by atoms with van der Waals surface area (Å²) in [6.07, 6.45) is 9.99. The topological polar surface area (TPSA) is 67.2 Å². The second-order valence-corrected chi connectivity index (χ2v) is 6.77. The minimum atomic E-state index is -0.0699. The lowest BCUT2D eigenvalue weighted by molar-refractivity contribution is 0.0913. The van der Waals surface area contributed by atoms with Crippen LogP contribution in [0.4, 0.5) is 0 Å². The molecule has 0 bridgehead atoms. The molecule has 0 aromatic carbocycles. The number of aryl methyl sites for hydroxylation is 1. The van der Waals surface area contributed by atoms with Crippen molar-refractivity contribution in [3.63, 3.8) is 0 Å². The highest BCUT2D eigenvalue weighted by atomic mass is 16.3. The Morgan fingerprint density at radius 3 is 2.83 bits per heavy atom. The van der Waals surface area contributed by atoms with E-state index in [-0.39, 0.29) is 18.4 Å². The van der Waals surface area contributed by atoms with E-state index < -0.39 is 0 Å². The maximum absolute atomic E-state index is 12.4. The lowest BCUT2D eigenvalue weighted by atomic mass is 9.80. The van der Waals surface area contributed by atoms with Gasteiger partial charge in [-0.25, -0.2) is 0 Å². The van der Waals surface area contributed by atoms with Gasteiger partial charge in [0, 0.05) is 31.3 Å². The van der Waals surface area contributed by atoms with E-state index in [2.05, 4.69) is 17.3 Å². The number of carbonyl (C=O) groups is 1. The van der Waals surface area contributed by atoms with Crippen molar-refractivity contribution >= 4 is 5.91 Å². The maximum Gasteiger partial charge on any atom is 0.254 e. The third-order valence-electron chi connectivity index (χ3n) is 5.15. The zero-order valence-electron chi connectivity index (χ0n) is 14.6. The predicted octanol–water partition coefficient (Wildman–Crippen LogP) is 2.91. The van der Waals surface area contributed by atoms with Crippen LogP contribution in [-0.2, 0) is 6.54 Å². The lowest BCUT2D eigenvalue weighted by Gasteiger charge is -2.29. The summed E-state index contributed by atoms with van der Waals surface area (Å²) in [5.74, 6) is 0.650. The molecule has 2 N–H and O–H groups in total. The SMILES string of the molecule is CCCCn1ncc(C(=O)NCC(CO)C2CCCCC2)c1C. The molecule has 1 aromatic rings. The Morgan fingerprint density at radius 2 is 2.17 bits per heavy atom. The van der Waals surface area contributed by atoms with Gasteiger partial charge in [0.2, 0.25) is 0 Å². The van der Waals surface area contributed by atoms with Crippen molar-refractivity contribution in [2.75, 3.05) is 13.2 Å². The maximum atomic E-state index is 12.4. The van der Waals surface area contributed by atoms with Gasteiger partial charge in [-0.2, -0.15) is 5.10 Å². The standard InChI is InChI=1S/C18H31N3O2/c1-3-4-10-21-14(2)17(12-20-21)18(23)19-11-16(13-22)15-8-6-5-7-9-15/h12,15-16,22H,3-11,13H2,1-2H3,(H,19,23). The van der Waals surface area contributed by atoms with Gasteiger partial charge in [-0.15, -0.1) is 0 Å². The van der Waals surface area contributed by atoms with Crippen molar-refractivity contribution in [2.24, 2.45) is 11.8 Å². The molecule has 0 aliphatic heterocycles. The van der Waals surface area contributed by atoms with Gasteiger partial charge in [0.15, 0.2) is 0 Å². The van der Waals surface area contributed by atoms with E-state index in [4.69, 9.17) is 0 Å². The molecular formula is C18H31N3O2. The molecule has 23 heavy (non-hydrogen) atoms. The summed E-state index contributed by atoms with van der Waals surface area (Å²) in [7, 11) is 0. The van der Waals surface area contributed by atoms with Gasteiger partial charge < -0.3 is 10.4 Å². The van der Waals surface area contributed by atoms with Crippen LogP contribution in [0, 0.1) is 18.8 Å². The second-order valence-electron chi connectivity index (χ2n) is 6.77. The molecule has 0 radical (unpaired) electrons. The van der Waals surface area contributed by atoms with Gasteiger partial charge in [0.25, 0.3) is 5.91 Å². The molecule has 1 aliphatic rings. The fraction of sp³-hybridized carbons (Fsp3) is 0.778. The van der Waals surface area contributed by atoms with Gasteiger partial charge in [-0.05, 0) is 19.3 Å². The van der Waals surface area contributed by atoms with Gasteiger partial charge >= 0.3 is 0 Å². The van der Waals surface area contributed by atoms with Crippen molar-refractivity contribution in [3.05, 3.63) is 17.5 Å². The highest BCUT2D eigenvalue weighted by Crippen LogP contribution is 2.29. The second kappa shape index (κ2) is 9.06. The molecule has 2 rings (SSSR count). The van der Waals surface area contributed by atoms with Crippen LogP contribution in [0.2, 0.25) is 0 Å². The van der Waals surface area contributed by atoms with E-state index in [0.29, 0.717) is 18.0 Å². The Labute approximate surface area is 139 Å². The summed E-state index contributed by atoms with van der Waals surface area (Å²) in [6, 6.07) is 0. The number of nitrogens with zero attached hydrogens (tertiary/aromatic N) is 2. The molecule has 1 atom stereocenters. The summed E-state index contributed by atoms with van der Waals surface area (Å²) >= 11 is 0. The zero-order valence-corrected chi connectivity index (χ0v) is 14.6. The summed E-state index contributed by atoms with van der Waals surface area (Å²) in [6.45, 7) is 5.66. The first-order valence-electron chi connectivity index (χ1n) is 9.08. The van der Waals surface area contributed by atoms with Crippen molar-refractivity contribution in [2.45, 2.75) is 65.3 Å². The van der Waals surface area contributed by atoms with Crippen LogP contribution < -0.4 is 5.32 Å². The van der Waals surface area contributed by atoms with Crippen LogP contribution in [0.15, 0.2) is 6.20 Å². The number of aliphatic hydroxyl groups excluding tert-OH is 1. The number of rotatable bonds is 8. The van der Waals surface area contributed by atoms with Crippen LogP contribution >= 0.6 is 0 Å². The molecule has 1 heterocycles. The summed E-state index contributed by atoms with van der Waals surface area (Å²) in [5, 5.41) is 17.0. The highest BCUT2D eigenvalue weighted by Gasteiger charge is 2.24. The molecule has 5 heteroatoms. The van der Waals surface area contributed by atoms with E-state index in [1.54, 1.807) is 6.20 Å². The molecule has 0 spiro atoms. The fourth-order valence-electron chi connectivity index (χ4n) is 3.51. The van der Waals surface area contributed by atoms with Crippen molar-refractivity contribution in [1.82, 2.24) is 15.1 Å². The lowest BCUT2D eigenvalue weighted by Crippen LogP contribution is -2.35. The minimum absolute atomic E-state index is 0.0699. The number of nitrogens with one attached hydrogen (secondary N) is 1. The number of hydrogen-bond donors (Lipinski definition) is 2. The molecule has 1 aromatic heterocycles. The van der Waals surface area contributed by atoms with Gasteiger partial charge in [0.1, 0.15) is 0 Å². The Kier molecular flexibility index (Phi) is 7.09. The van der Waals surface area contributed by atoms with E-state index >= 15 is 0 Å². The van der Waals surface area contributed by atoms with Crippen molar-refractivity contribution < 1.29 is 9.90 Å². The number of hydrogen-bond acceptors (Lipinski definition) is 3. The molecule has 1 aliphatic carbocycles. The molecule has 130 valence electrons. The third kappa shape index (κ3) is 4.80. The van der Waals surface area contributed by atoms with E-state index in [1.165, 1.54) is 32.1 Å². The molecule has 0 saturated heterocycles. The van der Waals surface area contributed by atoms with E-state index in [9.17, 15) is 9.90 Å². The molecule has 1 amide bonds. The first kappa shape index (κ1) is 18.0. The molecule has 1 fully saturated rings. The third-order valence-corrected chi connectivity index (χ3v) is 5.15. The van der Waals surface area contributed by atoms with E-state index in [0.717, 1.165) is 25.1 Å². The first-order chi connectivity index (χ1) is 11.2. The minimum Gasteiger partial charge on any atom is -0.396 e. The summed E-state index contributed by atoms with van der Waals surface area (Å²) in [5.41, 5.74) is 1.58. The fourth-order valence-corrected chi connectivity index (χ4v) is 3.51. The number of unbranched alkanes of at least 4 members (excludes halogenated alkanes) is 1. The molecule has 5 nitrogen and oxygen atoms in total. The Hall–Kier alpha value is -1.36. The molecule has 1 unspecified atom stereocenters. The number of aliphatic hydroxyl groups is 1. The average Bonchev–Trinajstić information content (AvgIpc) is 2.95. The highest BCUT2D eigenvalue weighted by molar-refractivity contribution is 5.95. The zero-order chi connectivity index (χ0) is 16.7. The van der Waals surface area contributed by atoms with Crippen LogP contribution in [0.25, 0.3) is 0 Å². The van der Waals surface area contributed by atoms with Gasteiger partial charge in [-0.3, -0.25) is 9.48 Å². The Bertz CT molecular complexity index is 492. The summed E-state index contributed by atoms with van der Waals surface area (Å²) < 4.78 is 1.91. The van der Waals surface area contributed by atoms with E-state index in [1.807, 2.05) is 11.6 Å². The predicted molar refractivity (Wildman–Crippen MR) is 91.4 cm³/mol. The monoisotopic (exact) mass is 321 g/mol. The number of aromatic nitrogens is 2. The van der Waals surface area contributed by atoms with Crippen LogP contribution in [0.1, 0.15) is 67.9 Å². The molecule has 1 saturated carbocycles. The smallest absolute Gasteiger partial charge is 0.254 e. The first-order valence-corrected chi connectivity index (χ1v) is 9.08. The van der Waals surface area contributed by atoms with Crippen LogP contribution in [0.5, 0.6) is 0 Å². The number of amides is 1. The van der Waals surface area contributed by atoms with Gasteiger partial charge in [-0.1, -0.05) is 45.4 Å². The van der Waals surface area contributed by atoms with Crippen molar-refractivity contribution in [3.8, 4) is 0 Å². The van der Waals surface area contributed by atoms with Crippen LogP contribution in [0.3, 0.4) is 0 Å². The normalized spacial score (nSPS) is 17.2. The largest absolute Gasteiger partial charge is 0.396 e. The van der Waals surface area contributed by atoms with Crippen LogP contribution in [-0.4, -0.2) is 33.9 Å². The summed E-state index contributed by atoms with van der Waals surface area (Å²) in [4.78, 5) is 12.4. The van der Waals surface area contributed by atoms with Gasteiger partial charge in [0.05, 0.1) is 11.8 Å². The quantitative estimate of drug-likeness (QED) is 0.773. The Morgan fingerprint density at radius 1 is 1.43 bits per heavy atom. The van der Waals surface area contributed by atoms with Crippen molar-refractivity contribution in [1.29, 1.82) is 0 Å². The molecular weight excluding hydrogens is 290 g/mol. The average molecular weight is 321 g/mol.